The highest BCUT2D eigenvalue weighted by molar-refractivity contribution is 6.47. The second-order valence-corrected chi connectivity index (χ2v) is 3.97. The lowest BCUT2D eigenvalue weighted by Crippen LogP contribution is -2.48. The zero-order valence-electron chi connectivity index (χ0n) is 8.14. The third-order valence-corrected chi connectivity index (χ3v) is 2.98. The molecule has 0 saturated heterocycles. The largest absolute Gasteiger partial charge is 0.480 e. The van der Waals surface area contributed by atoms with Gasteiger partial charge in [-0.05, 0) is 19.8 Å². The van der Waals surface area contributed by atoms with Crippen LogP contribution < -0.4 is 0 Å². The molecule has 1 saturated carbocycles. The maximum Gasteiger partial charge on any atom is 0.480 e. The Morgan fingerprint density at radius 2 is 2.07 bits per heavy atom. The van der Waals surface area contributed by atoms with E-state index in [2.05, 4.69) is 6.07 Å². The van der Waals surface area contributed by atoms with Crippen LogP contribution in [-0.4, -0.2) is 27.9 Å². The van der Waals surface area contributed by atoms with Crippen LogP contribution in [0.15, 0.2) is 12.1 Å². The van der Waals surface area contributed by atoms with Gasteiger partial charge >= 0.3 is 7.12 Å². The summed E-state index contributed by atoms with van der Waals surface area (Å²) >= 11 is 0. The van der Waals surface area contributed by atoms with Gasteiger partial charge in [-0.15, -0.1) is 0 Å². The first-order valence-corrected chi connectivity index (χ1v) is 4.63. The topological polar surface area (TPSA) is 84.5 Å². The Balaban J connectivity index is 2.79. The molecule has 14 heavy (non-hydrogen) atoms. The van der Waals surface area contributed by atoms with Crippen molar-refractivity contribution in [3.63, 3.8) is 0 Å². The molecule has 1 aliphatic carbocycles. The summed E-state index contributed by atoms with van der Waals surface area (Å²) < 4.78 is 0. The monoisotopic (exact) mass is 195 g/mol. The molecule has 1 fully saturated rings. The van der Waals surface area contributed by atoms with E-state index in [0.717, 1.165) is 12.4 Å². The van der Waals surface area contributed by atoms with E-state index in [9.17, 15) is 5.11 Å². The van der Waals surface area contributed by atoms with Gasteiger partial charge in [0.25, 0.3) is 0 Å². The number of hydrogen-bond acceptors (Lipinski definition) is 4. The lowest BCUT2D eigenvalue weighted by molar-refractivity contribution is -0.0414. The van der Waals surface area contributed by atoms with Gasteiger partial charge in [-0.2, -0.15) is 5.26 Å². The Hall–Kier alpha value is -0.825. The molecule has 0 amide bonds. The Kier molecular flexibility index (Phi) is 3.00. The quantitative estimate of drug-likeness (QED) is 0.553. The van der Waals surface area contributed by atoms with Crippen LogP contribution in [0, 0.1) is 16.7 Å². The summed E-state index contributed by atoms with van der Waals surface area (Å²) in [6.07, 6.45) is 3.53. The molecule has 76 valence electrons. The van der Waals surface area contributed by atoms with Crippen molar-refractivity contribution in [2.75, 3.05) is 0 Å². The Labute approximate surface area is 83.6 Å². The standard InChI is InChI=1S/C9H14BNO3/c1-8(12,5-6-10(13)14)9(7-11)3-2-4-9/h5-6,12-14H,2-4H2,1H3/b6-5+/t8-/m1/s1. The van der Waals surface area contributed by atoms with Crippen LogP contribution in [0.4, 0.5) is 0 Å². The second-order valence-electron chi connectivity index (χ2n) is 3.97. The molecule has 0 spiro atoms. The van der Waals surface area contributed by atoms with E-state index < -0.39 is 18.1 Å². The van der Waals surface area contributed by atoms with Crippen LogP contribution in [0.3, 0.4) is 0 Å². The zero-order chi connectivity index (χ0) is 10.8. The zero-order valence-corrected chi connectivity index (χ0v) is 8.14. The molecule has 1 atom stereocenters. The number of nitriles is 1. The van der Waals surface area contributed by atoms with Gasteiger partial charge in [0.15, 0.2) is 0 Å². The molecule has 3 N–H and O–H groups in total. The van der Waals surface area contributed by atoms with Crippen molar-refractivity contribution in [2.24, 2.45) is 5.41 Å². The Morgan fingerprint density at radius 1 is 1.50 bits per heavy atom. The molecule has 1 rings (SSSR count). The van der Waals surface area contributed by atoms with Crippen molar-refractivity contribution in [2.45, 2.75) is 31.8 Å². The summed E-state index contributed by atoms with van der Waals surface area (Å²) in [5.41, 5.74) is -2.04. The third kappa shape index (κ3) is 1.83. The average Bonchev–Trinajstić information content (AvgIpc) is 1.99. The minimum Gasteiger partial charge on any atom is -0.424 e. The molecule has 0 aromatic carbocycles. The molecule has 0 aromatic heterocycles. The van der Waals surface area contributed by atoms with Gasteiger partial charge in [-0.25, -0.2) is 0 Å². The third-order valence-electron chi connectivity index (χ3n) is 2.98. The molecule has 0 aromatic rings. The fraction of sp³-hybridized carbons (Fsp3) is 0.667. The first-order chi connectivity index (χ1) is 6.43. The summed E-state index contributed by atoms with van der Waals surface area (Å²) in [5.74, 6) is 1.08. The predicted octanol–water partition coefficient (Wildman–Crippen LogP) is -0.000520. The highest BCUT2D eigenvalue weighted by atomic mass is 16.4. The number of rotatable bonds is 3. The summed E-state index contributed by atoms with van der Waals surface area (Å²) in [6.45, 7) is 1.52. The van der Waals surface area contributed by atoms with Crippen molar-refractivity contribution >= 4 is 7.12 Å². The van der Waals surface area contributed by atoms with E-state index >= 15 is 0 Å². The fourth-order valence-electron chi connectivity index (χ4n) is 1.69. The van der Waals surface area contributed by atoms with Crippen LogP contribution in [0.25, 0.3) is 0 Å². The van der Waals surface area contributed by atoms with Crippen LogP contribution in [0.5, 0.6) is 0 Å². The van der Waals surface area contributed by atoms with E-state index in [1.54, 1.807) is 0 Å². The number of hydrogen-bond donors (Lipinski definition) is 3. The van der Waals surface area contributed by atoms with E-state index in [0.29, 0.717) is 12.8 Å². The minimum atomic E-state index is -1.59. The smallest absolute Gasteiger partial charge is 0.424 e. The molecule has 0 bridgehead atoms. The molecule has 1 aliphatic rings. The van der Waals surface area contributed by atoms with Crippen LogP contribution in [0.2, 0.25) is 0 Å². The van der Waals surface area contributed by atoms with Crippen molar-refractivity contribution < 1.29 is 15.2 Å². The maximum absolute atomic E-state index is 10.0. The van der Waals surface area contributed by atoms with Crippen molar-refractivity contribution in [3.8, 4) is 6.07 Å². The minimum absolute atomic E-state index is 0.655. The number of aliphatic hydroxyl groups is 1. The van der Waals surface area contributed by atoms with E-state index in [4.69, 9.17) is 15.3 Å². The fourth-order valence-corrected chi connectivity index (χ4v) is 1.69. The molecule has 0 unspecified atom stereocenters. The summed E-state index contributed by atoms with van der Waals surface area (Å²) in [5, 5.41) is 36.2. The normalized spacial score (nSPS) is 23.6. The van der Waals surface area contributed by atoms with Gasteiger partial charge in [0.05, 0.1) is 17.1 Å². The lowest BCUT2D eigenvalue weighted by Gasteiger charge is -2.45. The first-order valence-electron chi connectivity index (χ1n) is 4.63. The summed E-state index contributed by atoms with van der Waals surface area (Å²) in [6, 6.07) is 2.11. The van der Waals surface area contributed by atoms with Gasteiger partial charge in [-0.1, -0.05) is 18.5 Å². The van der Waals surface area contributed by atoms with Crippen molar-refractivity contribution in [1.29, 1.82) is 5.26 Å². The molecule has 0 heterocycles. The Bertz CT molecular complexity index is 276. The highest BCUT2D eigenvalue weighted by Gasteiger charge is 2.50. The maximum atomic E-state index is 10.0. The first kappa shape index (κ1) is 11.3. The van der Waals surface area contributed by atoms with Crippen LogP contribution in [-0.2, 0) is 0 Å². The summed E-state index contributed by atoms with van der Waals surface area (Å²) in [7, 11) is -1.59. The van der Waals surface area contributed by atoms with Gasteiger partial charge in [-0.3, -0.25) is 0 Å². The molecule has 5 heteroatoms. The second kappa shape index (κ2) is 3.74. The summed E-state index contributed by atoms with van der Waals surface area (Å²) in [4.78, 5) is 0. The molecule has 4 nitrogen and oxygen atoms in total. The van der Waals surface area contributed by atoms with Crippen LogP contribution >= 0.6 is 0 Å². The predicted molar refractivity (Wildman–Crippen MR) is 51.9 cm³/mol. The highest BCUT2D eigenvalue weighted by Crippen LogP contribution is 2.49. The van der Waals surface area contributed by atoms with Gasteiger partial charge in [0, 0.05) is 0 Å². The van der Waals surface area contributed by atoms with Crippen LogP contribution in [0.1, 0.15) is 26.2 Å². The molecule has 0 aliphatic heterocycles. The molecule has 0 radical (unpaired) electrons. The van der Waals surface area contributed by atoms with Crippen molar-refractivity contribution in [3.05, 3.63) is 12.1 Å². The SMILES string of the molecule is C[C@@](O)(/C=C/B(O)O)C1(C#N)CCC1. The van der Waals surface area contributed by atoms with E-state index in [1.165, 1.54) is 13.0 Å². The Morgan fingerprint density at radius 3 is 2.36 bits per heavy atom. The molecular formula is C9H14BNO3. The average molecular weight is 195 g/mol. The van der Waals surface area contributed by atoms with E-state index in [-0.39, 0.29) is 0 Å². The van der Waals surface area contributed by atoms with E-state index in [1.807, 2.05) is 0 Å². The lowest BCUT2D eigenvalue weighted by atomic mass is 9.59. The van der Waals surface area contributed by atoms with Gasteiger partial charge < -0.3 is 15.2 Å². The number of nitrogens with zero attached hydrogens (tertiary/aromatic N) is 1. The van der Waals surface area contributed by atoms with Gasteiger partial charge in [0.2, 0.25) is 0 Å². The molecular weight excluding hydrogens is 181 g/mol. The van der Waals surface area contributed by atoms with Crippen molar-refractivity contribution in [1.82, 2.24) is 0 Å². The van der Waals surface area contributed by atoms with Gasteiger partial charge in [0.1, 0.15) is 0 Å².